The Hall–Kier alpha value is -3.42. The monoisotopic (exact) mass is 434 g/mol. The maximum absolute atomic E-state index is 12.4. The molecule has 11 nitrogen and oxygen atoms in total. The van der Waals surface area contributed by atoms with Gasteiger partial charge < -0.3 is 10.2 Å². The van der Waals surface area contributed by atoms with Crippen LogP contribution in [0.15, 0.2) is 52.5 Å². The number of carbonyl (C=O) groups is 1. The second-order valence-corrected chi connectivity index (χ2v) is 7.83. The molecule has 1 heterocycles. The van der Waals surface area contributed by atoms with Crippen LogP contribution in [0, 0.1) is 10.1 Å². The second-order valence-electron chi connectivity index (χ2n) is 5.89. The van der Waals surface area contributed by atoms with E-state index in [1.54, 1.807) is 6.07 Å². The van der Waals surface area contributed by atoms with Crippen LogP contribution in [0.5, 0.6) is 0 Å². The first kappa shape index (κ1) is 20.3. The normalized spacial score (nSPS) is 14.6. The van der Waals surface area contributed by atoms with Gasteiger partial charge in [0.25, 0.3) is 11.6 Å². The molecule has 0 saturated carbocycles. The van der Waals surface area contributed by atoms with E-state index in [0.717, 1.165) is 0 Å². The van der Waals surface area contributed by atoms with E-state index in [1.807, 2.05) is 0 Å². The number of nitrogens with zero attached hydrogens (tertiary/aromatic N) is 3. The molecule has 0 radical (unpaired) electrons. The zero-order chi connectivity index (χ0) is 21.3. The van der Waals surface area contributed by atoms with Crippen molar-refractivity contribution < 1.29 is 18.1 Å². The van der Waals surface area contributed by atoms with Gasteiger partial charge >= 0.3 is 0 Å². The second kappa shape index (κ2) is 7.54. The van der Waals surface area contributed by atoms with Crippen molar-refractivity contribution in [1.82, 2.24) is 5.43 Å². The number of para-hydroxylation sites is 1. The number of thiocarbonyl (C=S) groups is 1. The van der Waals surface area contributed by atoms with Crippen molar-refractivity contribution in [2.24, 2.45) is 10.2 Å². The lowest BCUT2D eigenvalue weighted by atomic mass is 10.1. The standard InChI is InChI=1S/C16H14N6O5S2/c1-21-12-7-6-9(22(24)25)8-10(12)14(15(21)23)19-20-16(28)18-11-4-2-3-5-13(11)29(17,26)27/h2-8H,1H3,(H2,17,26,27)(H2,18,20,28). The first-order valence-corrected chi connectivity index (χ1v) is 9.88. The number of benzene rings is 2. The van der Waals surface area contributed by atoms with E-state index in [2.05, 4.69) is 15.8 Å². The third-order valence-corrected chi connectivity index (χ3v) is 5.19. The lowest BCUT2D eigenvalue weighted by Crippen LogP contribution is -2.30. The summed E-state index contributed by atoms with van der Waals surface area (Å²) >= 11 is 5.09. The van der Waals surface area contributed by atoms with E-state index in [4.69, 9.17) is 17.4 Å². The Morgan fingerprint density at radius 1 is 1.28 bits per heavy atom. The Balaban J connectivity index is 1.86. The number of carbonyl (C=O) groups excluding carboxylic acids is 1. The van der Waals surface area contributed by atoms with Gasteiger partial charge in [0.2, 0.25) is 10.0 Å². The zero-order valence-electron chi connectivity index (χ0n) is 14.8. The number of nitrogens with two attached hydrogens (primary N) is 1. The molecular weight excluding hydrogens is 420 g/mol. The van der Waals surface area contributed by atoms with Gasteiger partial charge in [-0.2, -0.15) is 5.10 Å². The molecule has 13 heteroatoms. The van der Waals surface area contributed by atoms with Gasteiger partial charge in [-0.25, -0.2) is 13.6 Å². The fraction of sp³-hybridized carbons (Fsp3) is 0.0625. The van der Waals surface area contributed by atoms with Crippen molar-refractivity contribution in [1.29, 1.82) is 0 Å². The van der Waals surface area contributed by atoms with Gasteiger partial charge in [0.1, 0.15) is 4.90 Å². The molecule has 0 fully saturated rings. The summed E-state index contributed by atoms with van der Waals surface area (Å²) in [4.78, 5) is 24.0. The average molecular weight is 434 g/mol. The highest BCUT2D eigenvalue weighted by molar-refractivity contribution is 7.89. The fourth-order valence-electron chi connectivity index (χ4n) is 2.69. The van der Waals surface area contributed by atoms with E-state index in [0.29, 0.717) is 5.69 Å². The Morgan fingerprint density at radius 2 is 1.97 bits per heavy atom. The molecule has 4 N–H and O–H groups in total. The van der Waals surface area contributed by atoms with Crippen LogP contribution in [0.1, 0.15) is 5.56 Å². The molecule has 2 aromatic carbocycles. The number of primary sulfonamides is 1. The number of hydrogen-bond acceptors (Lipinski definition) is 7. The first-order chi connectivity index (χ1) is 13.6. The minimum absolute atomic E-state index is 0.0740. The Labute approximate surface area is 170 Å². The van der Waals surface area contributed by atoms with Gasteiger partial charge in [0, 0.05) is 24.7 Å². The van der Waals surface area contributed by atoms with Crippen LogP contribution in [-0.2, 0) is 14.8 Å². The molecule has 0 atom stereocenters. The van der Waals surface area contributed by atoms with Gasteiger partial charge in [-0.3, -0.25) is 20.3 Å². The number of amides is 1. The summed E-state index contributed by atoms with van der Waals surface area (Å²) in [5.41, 5.74) is 3.03. The largest absolute Gasteiger partial charge is 0.330 e. The third-order valence-electron chi connectivity index (χ3n) is 4.03. The molecule has 1 amide bonds. The summed E-state index contributed by atoms with van der Waals surface area (Å²) in [6, 6.07) is 9.81. The van der Waals surface area contributed by atoms with Gasteiger partial charge in [-0.05, 0) is 30.4 Å². The van der Waals surface area contributed by atoms with Gasteiger partial charge in [0.05, 0.1) is 16.3 Å². The predicted octanol–water partition coefficient (Wildman–Crippen LogP) is 0.909. The Kier molecular flexibility index (Phi) is 5.28. The summed E-state index contributed by atoms with van der Waals surface area (Å²) in [5.74, 6) is -0.485. The maximum Gasteiger partial charge on any atom is 0.279 e. The molecule has 29 heavy (non-hydrogen) atoms. The van der Waals surface area contributed by atoms with Gasteiger partial charge in [-0.15, -0.1) is 0 Å². The van der Waals surface area contributed by atoms with E-state index in [1.165, 1.54) is 48.3 Å². The average Bonchev–Trinajstić information content (AvgIpc) is 2.89. The molecule has 0 saturated heterocycles. The lowest BCUT2D eigenvalue weighted by molar-refractivity contribution is -0.384. The van der Waals surface area contributed by atoms with E-state index >= 15 is 0 Å². The van der Waals surface area contributed by atoms with Gasteiger partial charge in [-0.1, -0.05) is 12.1 Å². The molecule has 0 unspecified atom stereocenters. The molecule has 0 aliphatic carbocycles. The number of rotatable bonds is 4. The van der Waals surface area contributed by atoms with Crippen molar-refractivity contribution in [2.45, 2.75) is 4.90 Å². The molecule has 3 rings (SSSR count). The van der Waals surface area contributed by atoms with Crippen LogP contribution in [0.4, 0.5) is 17.1 Å². The highest BCUT2D eigenvalue weighted by atomic mass is 32.2. The number of fused-ring (bicyclic) bond motifs is 1. The summed E-state index contributed by atoms with van der Waals surface area (Å²) in [6.07, 6.45) is 0. The minimum Gasteiger partial charge on any atom is -0.330 e. The van der Waals surface area contributed by atoms with Crippen molar-refractivity contribution in [3.8, 4) is 0 Å². The third kappa shape index (κ3) is 4.06. The first-order valence-electron chi connectivity index (χ1n) is 7.93. The fourth-order valence-corrected chi connectivity index (χ4v) is 3.54. The zero-order valence-corrected chi connectivity index (χ0v) is 16.5. The number of nitro benzene ring substituents is 1. The van der Waals surface area contributed by atoms with Gasteiger partial charge in [0.15, 0.2) is 10.8 Å². The van der Waals surface area contributed by atoms with Crippen molar-refractivity contribution >= 4 is 56.0 Å². The number of hydrazone groups is 1. The molecular formula is C16H14N6O5S2. The number of likely N-dealkylation sites (N-methyl/N-ethyl adjacent to an activating group) is 1. The molecule has 0 bridgehead atoms. The van der Waals surface area contributed by atoms with Crippen LogP contribution >= 0.6 is 12.2 Å². The maximum atomic E-state index is 12.4. The highest BCUT2D eigenvalue weighted by Gasteiger charge is 2.33. The van der Waals surface area contributed by atoms with E-state index < -0.39 is 20.9 Å². The van der Waals surface area contributed by atoms with E-state index in [9.17, 15) is 23.3 Å². The minimum atomic E-state index is -3.99. The molecule has 150 valence electrons. The number of sulfonamides is 1. The highest BCUT2D eigenvalue weighted by Crippen LogP contribution is 2.31. The summed E-state index contributed by atoms with van der Waals surface area (Å²) in [7, 11) is -2.48. The molecule has 2 aromatic rings. The molecule has 0 aromatic heterocycles. The SMILES string of the molecule is CN1C(=O)C(=NNC(=S)Nc2ccccc2S(N)(=O)=O)c2cc([N+](=O)[O-])ccc21. The molecule has 1 aliphatic rings. The van der Waals surface area contributed by atoms with Crippen molar-refractivity contribution in [3.63, 3.8) is 0 Å². The Bertz CT molecular complexity index is 1180. The molecule has 0 spiro atoms. The van der Waals surface area contributed by atoms with Crippen molar-refractivity contribution in [2.75, 3.05) is 17.3 Å². The van der Waals surface area contributed by atoms with Crippen LogP contribution in [0.2, 0.25) is 0 Å². The number of non-ortho nitro benzene ring substituents is 1. The van der Waals surface area contributed by atoms with Crippen molar-refractivity contribution in [3.05, 3.63) is 58.1 Å². The lowest BCUT2D eigenvalue weighted by Gasteiger charge is -2.11. The predicted molar refractivity (Wildman–Crippen MR) is 110 cm³/mol. The van der Waals surface area contributed by atoms with Crippen LogP contribution < -0.4 is 20.8 Å². The summed E-state index contributed by atoms with van der Waals surface area (Å²) in [6.45, 7) is 0. The van der Waals surface area contributed by atoms with Crippen LogP contribution in [0.25, 0.3) is 0 Å². The Morgan fingerprint density at radius 3 is 2.62 bits per heavy atom. The molecule has 1 aliphatic heterocycles. The summed E-state index contributed by atoms with van der Waals surface area (Å²) < 4.78 is 23.3. The number of anilines is 2. The van der Waals surface area contributed by atoms with Crippen LogP contribution in [-0.4, -0.2) is 37.1 Å². The quantitative estimate of drug-likeness (QED) is 0.364. The number of hydrogen-bond donors (Lipinski definition) is 3. The topological polar surface area (TPSA) is 160 Å². The van der Waals surface area contributed by atoms with Crippen LogP contribution in [0.3, 0.4) is 0 Å². The number of nitro groups is 1. The summed E-state index contributed by atoms with van der Waals surface area (Å²) in [5, 5.41) is 22.7. The number of nitrogens with one attached hydrogen (secondary N) is 2. The smallest absolute Gasteiger partial charge is 0.279 e. The van der Waals surface area contributed by atoms with E-state index in [-0.39, 0.29) is 32.7 Å².